The number of hydrogen-bond acceptors (Lipinski definition) is 4. The Morgan fingerprint density at radius 3 is 2.61 bits per heavy atom. The van der Waals surface area contributed by atoms with Crippen molar-refractivity contribution in [3.05, 3.63) is 29.8 Å². The predicted octanol–water partition coefficient (Wildman–Crippen LogP) is 6.19. The minimum absolute atomic E-state index is 0.0718. The molecule has 1 aromatic rings. The van der Waals surface area contributed by atoms with Crippen LogP contribution in [0.1, 0.15) is 90.5 Å². The van der Waals surface area contributed by atoms with Crippen LogP contribution in [0.5, 0.6) is 5.75 Å². The number of carbonyl (C=O) groups excluding carboxylic acids is 1. The van der Waals surface area contributed by atoms with Gasteiger partial charge in [0, 0.05) is 13.0 Å². The van der Waals surface area contributed by atoms with Crippen molar-refractivity contribution < 1.29 is 14.3 Å². The maximum atomic E-state index is 11.6. The SMILES string of the molecule is CCOC(=O)CCCN1CCCC(c2cccc(OC3CCC(C(C)(C)C)CC3)c2)C1. The van der Waals surface area contributed by atoms with Gasteiger partial charge >= 0.3 is 5.97 Å². The molecule has 0 bridgehead atoms. The zero-order chi connectivity index (χ0) is 22.3. The van der Waals surface area contributed by atoms with Gasteiger partial charge in [0.1, 0.15) is 5.75 Å². The maximum absolute atomic E-state index is 11.6. The highest BCUT2D eigenvalue weighted by atomic mass is 16.5. The van der Waals surface area contributed by atoms with E-state index in [9.17, 15) is 4.79 Å². The second-order valence-electron chi connectivity index (χ2n) is 10.6. The zero-order valence-corrected chi connectivity index (χ0v) is 20.2. The molecule has 3 rings (SSSR count). The first-order valence-corrected chi connectivity index (χ1v) is 12.5. The molecule has 1 atom stereocenters. The fraction of sp³-hybridized carbons (Fsp3) is 0.741. The van der Waals surface area contributed by atoms with Gasteiger partial charge < -0.3 is 14.4 Å². The molecule has 1 aliphatic heterocycles. The number of nitrogens with zero attached hydrogens (tertiary/aromatic N) is 1. The van der Waals surface area contributed by atoms with Gasteiger partial charge in [-0.2, -0.15) is 0 Å². The lowest BCUT2D eigenvalue weighted by molar-refractivity contribution is -0.143. The van der Waals surface area contributed by atoms with Crippen molar-refractivity contribution in [2.24, 2.45) is 11.3 Å². The molecule has 1 saturated carbocycles. The second-order valence-corrected chi connectivity index (χ2v) is 10.6. The summed E-state index contributed by atoms with van der Waals surface area (Å²) in [5.74, 6) is 2.33. The number of likely N-dealkylation sites (tertiary alicyclic amines) is 1. The Morgan fingerprint density at radius 2 is 1.90 bits per heavy atom. The quantitative estimate of drug-likeness (QED) is 0.462. The normalized spacial score (nSPS) is 25.2. The smallest absolute Gasteiger partial charge is 0.305 e. The maximum Gasteiger partial charge on any atom is 0.305 e. The van der Waals surface area contributed by atoms with Crippen LogP contribution in [0.2, 0.25) is 0 Å². The van der Waals surface area contributed by atoms with Crippen LogP contribution in [0.3, 0.4) is 0 Å². The highest BCUT2D eigenvalue weighted by Gasteiger charge is 2.30. The Balaban J connectivity index is 1.48. The average Bonchev–Trinajstić information content (AvgIpc) is 2.74. The summed E-state index contributed by atoms with van der Waals surface area (Å²) in [6, 6.07) is 8.82. The van der Waals surface area contributed by atoms with E-state index in [2.05, 4.69) is 49.9 Å². The Morgan fingerprint density at radius 1 is 1.13 bits per heavy atom. The van der Waals surface area contributed by atoms with E-state index in [-0.39, 0.29) is 5.97 Å². The van der Waals surface area contributed by atoms with Crippen LogP contribution in [0, 0.1) is 11.3 Å². The van der Waals surface area contributed by atoms with E-state index in [1.54, 1.807) is 0 Å². The number of ether oxygens (including phenoxy) is 2. The minimum atomic E-state index is -0.0718. The van der Waals surface area contributed by atoms with Crippen LogP contribution >= 0.6 is 0 Å². The first-order chi connectivity index (χ1) is 14.8. The molecule has 2 fully saturated rings. The van der Waals surface area contributed by atoms with Crippen LogP contribution in [-0.2, 0) is 9.53 Å². The van der Waals surface area contributed by atoms with E-state index < -0.39 is 0 Å². The number of carbonyl (C=O) groups is 1. The molecular formula is C27H43NO3. The lowest BCUT2D eigenvalue weighted by Crippen LogP contribution is -2.35. The topological polar surface area (TPSA) is 38.8 Å². The molecule has 0 N–H and O–H groups in total. The van der Waals surface area contributed by atoms with Gasteiger partial charge in [0.2, 0.25) is 0 Å². The molecule has 174 valence electrons. The molecule has 0 aromatic heterocycles. The van der Waals surface area contributed by atoms with E-state index in [0.29, 0.717) is 30.5 Å². The summed E-state index contributed by atoms with van der Waals surface area (Å²) in [7, 11) is 0. The van der Waals surface area contributed by atoms with Crippen molar-refractivity contribution in [3.63, 3.8) is 0 Å². The lowest BCUT2D eigenvalue weighted by Gasteiger charge is -2.37. The Labute approximate surface area is 189 Å². The Bertz CT molecular complexity index is 688. The lowest BCUT2D eigenvalue weighted by atomic mass is 9.72. The molecule has 1 aliphatic carbocycles. The second kappa shape index (κ2) is 11.4. The zero-order valence-electron chi connectivity index (χ0n) is 20.2. The fourth-order valence-corrected chi connectivity index (χ4v) is 5.29. The molecule has 31 heavy (non-hydrogen) atoms. The Kier molecular flexibility index (Phi) is 8.83. The standard InChI is InChI=1S/C27H43NO3/c1-5-30-26(29)12-8-18-28-17-7-10-22(20-28)21-9-6-11-25(19-21)31-24-15-13-23(14-16-24)27(2,3)4/h6,9,11,19,22-24H,5,7-8,10,12-18,20H2,1-4H3. The van der Waals surface area contributed by atoms with Crippen molar-refractivity contribution in [2.45, 2.75) is 91.1 Å². The summed E-state index contributed by atoms with van der Waals surface area (Å²) >= 11 is 0. The van der Waals surface area contributed by atoms with Crippen LogP contribution in [0.15, 0.2) is 24.3 Å². The molecule has 1 saturated heterocycles. The monoisotopic (exact) mass is 429 g/mol. The number of hydrogen-bond donors (Lipinski definition) is 0. The van der Waals surface area contributed by atoms with Crippen LogP contribution in [0.25, 0.3) is 0 Å². The van der Waals surface area contributed by atoms with Gasteiger partial charge in [-0.05, 0) is 99.9 Å². The third-order valence-electron chi connectivity index (χ3n) is 7.20. The fourth-order valence-electron chi connectivity index (χ4n) is 5.29. The van der Waals surface area contributed by atoms with Gasteiger partial charge in [-0.25, -0.2) is 0 Å². The van der Waals surface area contributed by atoms with E-state index in [1.807, 2.05) is 6.92 Å². The van der Waals surface area contributed by atoms with Crippen molar-refractivity contribution in [1.82, 2.24) is 4.90 Å². The summed E-state index contributed by atoms with van der Waals surface area (Å²) in [5, 5.41) is 0. The summed E-state index contributed by atoms with van der Waals surface area (Å²) in [4.78, 5) is 14.1. The number of benzene rings is 1. The van der Waals surface area contributed by atoms with Crippen molar-refractivity contribution >= 4 is 5.97 Å². The average molecular weight is 430 g/mol. The first-order valence-electron chi connectivity index (χ1n) is 12.5. The molecular weight excluding hydrogens is 386 g/mol. The third-order valence-corrected chi connectivity index (χ3v) is 7.20. The first kappa shape index (κ1) is 24.1. The summed E-state index contributed by atoms with van der Waals surface area (Å²) < 4.78 is 11.5. The van der Waals surface area contributed by atoms with E-state index in [4.69, 9.17) is 9.47 Å². The van der Waals surface area contributed by atoms with Gasteiger partial charge in [-0.15, -0.1) is 0 Å². The highest BCUT2D eigenvalue weighted by Crippen LogP contribution is 2.39. The van der Waals surface area contributed by atoms with Gasteiger partial charge in [0.25, 0.3) is 0 Å². The van der Waals surface area contributed by atoms with Crippen molar-refractivity contribution in [3.8, 4) is 5.75 Å². The molecule has 2 aliphatic rings. The summed E-state index contributed by atoms with van der Waals surface area (Å²) in [6.07, 6.45) is 9.10. The molecule has 4 heteroatoms. The van der Waals surface area contributed by atoms with Crippen LogP contribution < -0.4 is 4.74 Å². The highest BCUT2D eigenvalue weighted by molar-refractivity contribution is 5.69. The molecule has 0 amide bonds. The molecule has 4 nitrogen and oxygen atoms in total. The third kappa shape index (κ3) is 7.52. The summed E-state index contributed by atoms with van der Waals surface area (Å²) in [5.41, 5.74) is 1.81. The molecule has 0 radical (unpaired) electrons. The molecule has 0 spiro atoms. The largest absolute Gasteiger partial charge is 0.490 e. The van der Waals surface area contributed by atoms with E-state index in [0.717, 1.165) is 37.7 Å². The number of piperidine rings is 1. The van der Waals surface area contributed by atoms with E-state index in [1.165, 1.54) is 44.1 Å². The number of esters is 1. The van der Waals surface area contributed by atoms with Gasteiger partial charge in [-0.3, -0.25) is 4.79 Å². The molecule has 1 heterocycles. The Hall–Kier alpha value is -1.55. The van der Waals surface area contributed by atoms with Crippen LogP contribution in [-0.4, -0.2) is 43.2 Å². The van der Waals surface area contributed by atoms with Gasteiger partial charge in [0.05, 0.1) is 12.7 Å². The predicted molar refractivity (Wildman–Crippen MR) is 127 cm³/mol. The van der Waals surface area contributed by atoms with Crippen molar-refractivity contribution in [2.75, 3.05) is 26.2 Å². The molecule has 1 aromatic carbocycles. The van der Waals surface area contributed by atoms with Gasteiger partial charge in [0.15, 0.2) is 0 Å². The van der Waals surface area contributed by atoms with Crippen molar-refractivity contribution in [1.29, 1.82) is 0 Å². The van der Waals surface area contributed by atoms with E-state index >= 15 is 0 Å². The molecule has 1 unspecified atom stereocenters. The minimum Gasteiger partial charge on any atom is -0.490 e. The van der Waals surface area contributed by atoms with Gasteiger partial charge in [-0.1, -0.05) is 32.9 Å². The summed E-state index contributed by atoms with van der Waals surface area (Å²) in [6.45, 7) is 12.6. The van der Waals surface area contributed by atoms with Crippen LogP contribution in [0.4, 0.5) is 0 Å². The number of rotatable bonds is 8.